The molecule has 194 valence electrons. The highest BCUT2D eigenvalue weighted by atomic mass is 16.2. The molecule has 4 saturated carbocycles. The third kappa shape index (κ3) is 4.89. The number of nitrogens with one attached hydrogen (secondary N) is 2. The zero-order valence-electron chi connectivity index (χ0n) is 22.4. The molecule has 4 aliphatic rings. The molecule has 2 N–H and O–H groups in total. The second-order valence-corrected chi connectivity index (χ2v) is 12.6. The smallest absolute Gasteiger partial charge is 0.318 e. The quantitative estimate of drug-likeness (QED) is 0.567. The monoisotopic (exact) mass is 491 g/mol. The van der Waals surface area contributed by atoms with Crippen LogP contribution in [0.3, 0.4) is 0 Å². The van der Waals surface area contributed by atoms with Gasteiger partial charge in [0.15, 0.2) is 0 Å². The van der Waals surface area contributed by atoms with Crippen LogP contribution in [0.5, 0.6) is 0 Å². The summed E-state index contributed by atoms with van der Waals surface area (Å²) < 4.78 is 1.81. The summed E-state index contributed by atoms with van der Waals surface area (Å²) in [5.74, 6) is 2.68. The minimum atomic E-state index is -0.215. The fourth-order valence-corrected chi connectivity index (χ4v) is 7.07. The normalized spacial score (nSPS) is 26.6. The number of hydrogen-bond acceptors (Lipinski definition) is 3. The lowest BCUT2D eigenvalue weighted by Crippen LogP contribution is -2.62. The number of likely N-dealkylation sites (N-methyl/N-ethyl adjacent to an activating group) is 1. The largest absolute Gasteiger partial charge is 0.333 e. The van der Waals surface area contributed by atoms with E-state index in [2.05, 4.69) is 31.4 Å². The van der Waals surface area contributed by atoms with Crippen LogP contribution < -0.4 is 10.6 Å². The third-order valence-electron chi connectivity index (χ3n) is 8.50. The number of para-hydroxylation sites is 1. The van der Waals surface area contributed by atoms with Gasteiger partial charge in [-0.15, -0.1) is 0 Å². The van der Waals surface area contributed by atoms with Crippen LogP contribution in [0.2, 0.25) is 0 Å². The molecule has 0 radical (unpaired) electrons. The maximum atomic E-state index is 13.3. The molecule has 3 amide bonds. The minimum absolute atomic E-state index is 0.0124. The first-order valence-corrected chi connectivity index (χ1v) is 13.6. The molecule has 0 aliphatic heterocycles. The van der Waals surface area contributed by atoms with Crippen LogP contribution in [0.15, 0.2) is 30.3 Å². The molecule has 0 spiro atoms. The topological polar surface area (TPSA) is 79.3 Å². The Morgan fingerprint density at radius 1 is 1.08 bits per heavy atom. The van der Waals surface area contributed by atoms with Gasteiger partial charge < -0.3 is 15.5 Å². The Kier molecular flexibility index (Phi) is 6.38. The van der Waals surface area contributed by atoms with Gasteiger partial charge >= 0.3 is 6.03 Å². The number of carbonyl (C=O) groups excluding carboxylic acids is 2. The van der Waals surface area contributed by atoms with Crippen molar-refractivity contribution in [1.29, 1.82) is 0 Å². The molecule has 4 bridgehead atoms. The van der Waals surface area contributed by atoms with E-state index >= 15 is 0 Å². The highest BCUT2D eigenvalue weighted by Gasteiger charge is 2.51. The molecule has 1 aromatic heterocycles. The molecule has 4 fully saturated rings. The number of benzene rings is 1. The van der Waals surface area contributed by atoms with E-state index in [1.165, 1.54) is 19.3 Å². The lowest BCUT2D eigenvalue weighted by Gasteiger charge is -2.57. The molecule has 6 rings (SSSR count). The van der Waals surface area contributed by atoms with E-state index < -0.39 is 0 Å². The summed E-state index contributed by atoms with van der Waals surface area (Å²) in [5, 5.41) is 11.3. The summed E-state index contributed by atoms with van der Waals surface area (Å²) in [5.41, 5.74) is 2.66. The first-order chi connectivity index (χ1) is 17.0. The number of nitrogens with zero attached hydrogens (tertiary/aromatic N) is 3. The first-order valence-electron chi connectivity index (χ1n) is 13.6. The number of urea groups is 1. The van der Waals surface area contributed by atoms with Gasteiger partial charge in [-0.2, -0.15) is 5.10 Å². The van der Waals surface area contributed by atoms with Gasteiger partial charge in [0.05, 0.1) is 11.4 Å². The van der Waals surface area contributed by atoms with Crippen LogP contribution in [0.1, 0.15) is 77.5 Å². The summed E-state index contributed by atoms with van der Waals surface area (Å²) >= 11 is 0. The molecule has 7 heteroatoms. The standard InChI is InChI=1S/C29H41N5O2/c1-6-33(27(36)31-29-15-20-11-21(16-29)13-22(12-20)17-29)18-26(35)30-25-14-24(28(3,4)5)32-34(25)23-10-8-7-9-19(23)2/h7-10,14,20-22H,6,11-13,15-18H2,1-5H3,(H,30,35)(H,31,36). The number of aromatic nitrogens is 2. The summed E-state index contributed by atoms with van der Waals surface area (Å²) in [6.45, 7) is 10.8. The van der Waals surface area contributed by atoms with Crippen molar-refractivity contribution >= 4 is 17.8 Å². The predicted octanol–water partition coefficient (Wildman–Crippen LogP) is 5.42. The van der Waals surface area contributed by atoms with Gasteiger partial charge in [0, 0.05) is 23.6 Å². The molecule has 7 nitrogen and oxygen atoms in total. The number of anilines is 1. The maximum Gasteiger partial charge on any atom is 0.318 e. The second kappa shape index (κ2) is 9.24. The van der Waals surface area contributed by atoms with Crippen molar-refractivity contribution in [2.24, 2.45) is 17.8 Å². The molecule has 1 heterocycles. The van der Waals surface area contributed by atoms with Gasteiger partial charge in [0.2, 0.25) is 5.91 Å². The van der Waals surface area contributed by atoms with E-state index in [0.29, 0.717) is 12.4 Å². The Bertz CT molecular complexity index is 1110. The molecule has 1 aromatic carbocycles. The van der Waals surface area contributed by atoms with Gasteiger partial charge in [0.1, 0.15) is 12.4 Å². The first kappa shape index (κ1) is 24.8. The van der Waals surface area contributed by atoms with Crippen molar-refractivity contribution in [1.82, 2.24) is 20.0 Å². The summed E-state index contributed by atoms with van der Waals surface area (Å²) in [4.78, 5) is 28.2. The Balaban J connectivity index is 1.30. The van der Waals surface area contributed by atoms with E-state index in [0.717, 1.165) is 54.0 Å². The molecule has 2 aromatic rings. The van der Waals surface area contributed by atoms with Crippen molar-refractivity contribution in [3.8, 4) is 5.69 Å². The number of amides is 3. The van der Waals surface area contributed by atoms with Crippen molar-refractivity contribution in [3.05, 3.63) is 41.6 Å². The molecule has 0 saturated heterocycles. The zero-order valence-corrected chi connectivity index (χ0v) is 22.4. The van der Waals surface area contributed by atoms with Gasteiger partial charge in [-0.3, -0.25) is 4.79 Å². The zero-order chi connectivity index (χ0) is 25.7. The van der Waals surface area contributed by atoms with Crippen LogP contribution in [0, 0.1) is 24.7 Å². The van der Waals surface area contributed by atoms with Gasteiger partial charge in [-0.1, -0.05) is 39.0 Å². The molecule has 0 atom stereocenters. The maximum absolute atomic E-state index is 13.3. The van der Waals surface area contributed by atoms with Crippen molar-refractivity contribution < 1.29 is 9.59 Å². The van der Waals surface area contributed by atoms with Crippen LogP contribution in [0.25, 0.3) is 5.69 Å². The molecule has 4 aliphatic carbocycles. The minimum Gasteiger partial charge on any atom is -0.333 e. The van der Waals surface area contributed by atoms with Crippen LogP contribution >= 0.6 is 0 Å². The van der Waals surface area contributed by atoms with E-state index in [1.807, 2.05) is 44.2 Å². The van der Waals surface area contributed by atoms with E-state index in [1.54, 1.807) is 9.58 Å². The highest BCUT2D eigenvalue weighted by Crippen LogP contribution is 2.55. The van der Waals surface area contributed by atoms with Crippen molar-refractivity contribution in [3.63, 3.8) is 0 Å². The summed E-state index contributed by atoms with van der Waals surface area (Å²) in [6.07, 6.45) is 7.29. The van der Waals surface area contributed by atoms with Crippen molar-refractivity contribution in [2.45, 2.75) is 84.1 Å². The predicted molar refractivity (Wildman–Crippen MR) is 142 cm³/mol. The Labute approximate surface area is 215 Å². The van der Waals surface area contributed by atoms with Gasteiger partial charge in [0.25, 0.3) is 0 Å². The molecule has 0 unspecified atom stereocenters. The van der Waals surface area contributed by atoms with Crippen LogP contribution in [0.4, 0.5) is 10.6 Å². The number of rotatable bonds is 6. The molecule has 36 heavy (non-hydrogen) atoms. The fourth-order valence-electron chi connectivity index (χ4n) is 7.07. The SMILES string of the molecule is CCN(CC(=O)Nc1cc(C(C)(C)C)nn1-c1ccccc1C)C(=O)NC12CC3CC(CC(C3)C1)C2. The van der Waals surface area contributed by atoms with E-state index in [4.69, 9.17) is 5.10 Å². The highest BCUT2D eigenvalue weighted by molar-refractivity contribution is 5.94. The summed E-state index contributed by atoms with van der Waals surface area (Å²) in [7, 11) is 0. The van der Waals surface area contributed by atoms with Crippen molar-refractivity contribution in [2.75, 3.05) is 18.4 Å². The Morgan fingerprint density at radius 2 is 1.69 bits per heavy atom. The fraction of sp³-hybridized carbons (Fsp3) is 0.621. The number of hydrogen-bond donors (Lipinski definition) is 2. The Morgan fingerprint density at radius 3 is 2.25 bits per heavy atom. The average Bonchev–Trinajstić information content (AvgIpc) is 3.20. The lowest BCUT2D eigenvalue weighted by atomic mass is 9.53. The number of carbonyl (C=O) groups is 2. The van der Waals surface area contributed by atoms with E-state index in [-0.39, 0.29) is 29.4 Å². The Hall–Kier alpha value is -2.83. The average molecular weight is 492 g/mol. The van der Waals surface area contributed by atoms with Crippen LogP contribution in [-0.4, -0.2) is 45.2 Å². The van der Waals surface area contributed by atoms with Crippen LogP contribution in [-0.2, 0) is 10.2 Å². The molecular weight excluding hydrogens is 450 g/mol. The second-order valence-electron chi connectivity index (χ2n) is 12.6. The lowest BCUT2D eigenvalue weighted by molar-refractivity contribution is -0.116. The van der Waals surface area contributed by atoms with Gasteiger partial charge in [-0.05, 0) is 81.8 Å². The number of aryl methyl sites for hydroxylation is 1. The summed E-state index contributed by atoms with van der Waals surface area (Å²) in [6, 6.07) is 9.83. The van der Waals surface area contributed by atoms with Gasteiger partial charge in [-0.25, -0.2) is 9.48 Å². The third-order valence-corrected chi connectivity index (χ3v) is 8.50. The molecular formula is C29H41N5O2. The van der Waals surface area contributed by atoms with E-state index in [9.17, 15) is 9.59 Å².